The first-order valence-electron chi connectivity index (χ1n) is 11.0. The van der Waals surface area contributed by atoms with Gasteiger partial charge in [-0.2, -0.15) is 0 Å². The number of alkyl carbamates (subject to hydrolysis) is 1. The van der Waals surface area contributed by atoms with Gasteiger partial charge in [0.2, 0.25) is 5.91 Å². The molecule has 0 spiro atoms. The van der Waals surface area contributed by atoms with Gasteiger partial charge in [-0.3, -0.25) is 4.79 Å². The van der Waals surface area contributed by atoms with Crippen LogP contribution in [0.15, 0.2) is 48.5 Å². The molecule has 0 aromatic heterocycles. The molecule has 3 N–H and O–H groups in total. The molecule has 33 heavy (non-hydrogen) atoms. The summed E-state index contributed by atoms with van der Waals surface area (Å²) in [4.78, 5) is 35.9. The molecule has 0 heterocycles. The van der Waals surface area contributed by atoms with Gasteiger partial charge in [-0.1, -0.05) is 55.5 Å². The SMILES string of the molecule is COC(C)C(NC(=O)C(C)CCNC(=O)OCC1c2ccccc2-c2ccccc21)C(=O)O. The third kappa shape index (κ3) is 5.70. The number of carbonyl (C=O) groups excluding carboxylic acids is 2. The Balaban J connectivity index is 1.47. The molecule has 3 rings (SSSR count). The Hall–Kier alpha value is -3.39. The average molecular weight is 455 g/mol. The minimum Gasteiger partial charge on any atom is -0.480 e. The molecular formula is C25H30N2O6. The fourth-order valence-electron chi connectivity index (χ4n) is 3.98. The summed E-state index contributed by atoms with van der Waals surface area (Å²) in [6.45, 7) is 3.68. The number of nitrogens with one attached hydrogen (secondary N) is 2. The topological polar surface area (TPSA) is 114 Å². The van der Waals surface area contributed by atoms with E-state index in [0.29, 0.717) is 6.42 Å². The molecule has 8 nitrogen and oxygen atoms in total. The first kappa shape index (κ1) is 24.3. The second-order valence-corrected chi connectivity index (χ2v) is 8.21. The Morgan fingerprint density at radius 2 is 1.58 bits per heavy atom. The fourth-order valence-corrected chi connectivity index (χ4v) is 3.98. The van der Waals surface area contributed by atoms with Crippen LogP contribution in [0.25, 0.3) is 11.1 Å². The van der Waals surface area contributed by atoms with Crippen molar-refractivity contribution in [2.45, 2.75) is 38.3 Å². The number of aliphatic carboxylic acids is 1. The van der Waals surface area contributed by atoms with E-state index < -0.39 is 36.0 Å². The van der Waals surface area contributed by atoms with E-state index in [2.05, 4.69) is 34.9 Å². The zero-order chi connectivity index (χ0) is 24.0. The van der Waals surface area contributed by atoms with E-state index in [1.807, 2.05) is 24.3 Å². The zero-order valence-electron chi connectivity index (χ0n) is 19.0. The molecule has 176 valence electrons. The predicted molar refractivity (Wildman–Crippen MR) is 123 cm³/mol. The van der Waals surface area contributed by atoms with Crippen molar-refractivity contribution in [2.24, 2.45) is 5.92 Å². The molecule has 3 unspecified atom stereocenters. The van der Waals surface area contributed by atoms with Crippen molar-refractivity contribution in [1.82, 2.24) is 10.6 Å². The number of hydrogen-bond donors (Lipinski definition) is 3. The lowest BCUT2D eigenvalue weighted by Crippen LogP contribution is -2.50. The quantitative estimate of drug-likeness (QED) is 0.508. The molecule has 2 amide bonds. The van der Waals surface area contributed by atoms with Crippen LogP contribution in [0.1, 0.15) is 37.3 Å². The number of hydrogen-bond acceptors (Lipinski definition) is 5. The van der Waals surface area contributed by atoms with Crippen molar-refractivity contribution in [1.29, 1.82) is 0 Å². The highest BCUT2D eigenvalue weighted by Gasteiger charge is 2.30. The van der Waals surface area contributed by atoms with Crippen LogP contribution in [0.3, 0.4) is 0 Å². The van der Waals surface area contributed by atoms with Crippen molar-refractivity contribution in [3.8, 4) is 11.1 Å². The minimum absolute atomic E-state index is 0.0245. The van der Waals surface area contributed by atoms with Crippen LogP contribution in [0.2, 0.25) is 0 Å². The van der Waals surface area contributed by atoms with Crippen molar-refractivity contribution in [3.63, 3.8) is 0 Å². The number of carbonyl (C=O) groups is 3. The van der Waals surface area contributed by atoms with E-state index in [1.165, 1.54) is 7.11 Å². The lowest BCUT2D eigenvalue weighted by atomic mass is 9.98. The largest absolute Gasteiger partial charge is 0.480 e. The minimum atomic E-state index is -1.17. The number of amides is 2. The van der Waals surface area contributed by atoms with Gasteiger partial charge < -0.3 is 25.2 Å². The molecule has 0 bridgehead atoms. The van der Waals surface area contributed by atoms with Gasteiger partial charge in [0.05, 0.1) is 6.10 Å². The maximum absolute atomic E-state index is 12.3. The van der Waals surface area contributed by atoms with Crippen molar-refractivity contribution in [2.75, 3.05) is 20.3 Å². The van der Waals surface area contributed by atoms with Crippen molar-refractivity contribution in [3.05, 3.63) is 59.7 Å². The Kier molecular flexibility index (Phi) is 8.06. The van der Waals surface area contributed by atoms with Crippen LogP contribution in [-0.4, -0.2) is 55.5 Å². The molecule has 0 fully saturated rings. The summed E-state index contributed by atoms with van der Waals surface area (Å²) in [5, 5.41) is 14.4. The number of carboxylic acid groups (broad SMARTS) is 1. The van der Waals surface area contributed by atoms with Crippen LogP contribution in [-0.2, 0) is 19.1 Å². The predicted octanol–water partition coefficient (Wildman–Crippen LogP) is 3.16. The van der Waals surface area contributed by atoms with Crippen LogP contribution in [0.4, 0.5) is 4.79 Å². The Labute approximate surface area is 193 Å². The van der Waals surface area contributed by atoms with Gasteiger partial charge in [-0.25, -0.2) is 9.59 Å². The average Bonchev–Trinajstić information content (AvgIpc) is 3.14. The molecule has 1 aliphatic rings. The molecular weight excluding hydrogens is 424 g/mol. The molecule has 0 saturated carbocycles. The molecule has 3 atom stereocenters. The summed E-state index contributed by atoms with van der Waals surface area (Å²) >= 11 is 0. The number of benzene rings is 2. The van der Waals surface area contributed by atoms with E-state index in [0.717, 1.165) is 22.3 Å². The molecule has 8 heteroatoms. The van der Waals surface area contributed by atoms with Gasteiger partial charge in [-0.15, -0.1) is 0 Å². The normalized spacial score (nSPS) is 15.0. The zero-order valence-corrected chi connectivity index (χ0v) is 19.0. The molecule has 2 aromatic carbocycles. The Morgan fingerprint density at radius 3 is 2.12 bits per heavy atom. The van der Waals surface area contributed by atoms with Crippen LogP contribution >= 0.6 is 0 Å². The van der Waals surface area contributed by atoms with Crippen LogP contribution < -0.4 is 10.6 Å². The standard InChI is InChI=1S/C25H30N2O6/c1-15(23(28)27-22(24(29)30)16(2)32-3)12-13-26-25(31)33-14-21-19-10-6-4-8-17(19)18-9-5-7-11-20(18)21/h4-11,15-16,21-22H,12-14H2,1-3H3,(H,26,31)(H,27,28)(H,29,30). The first-order valence-corrected chi connectivity index (χ1v) is 11.0. The molecule has 2 aromatic rings. The van der Waals surface area contributed by atoms with Gasteiger partial charge >= 0.3 is 12.1 Å². The maximum Gasteiger partial charge on any atom is 0.407 e. The third-order valence-electron chi connectivity index (χ3n) is 6.04. The monoisotopic (exact) mass is 454 g/mol. The highest BCUT2D eigenvalue weighted by molar-refractivity contribution is 5.85. The van der Waals surface area contributed by atoms with E-state index >= 15 is 0 Å². The van der Waals surface area contributed by atoms with Gasteiger partial charge in [-0.05, 0) is 35.6 Å². The first-order chi connectivity index (χ1) is 15.8. The van der Waals surface area contributed by atoms with Gasteiger partial charge in [0.15, 0.2) is 6.04 Å². The lowest BCUT2D eigenvalue weighted by molar-refractivity contribution is -0.146. The van der Waals surface area contributed by atoms with E-state index in [9.17, 15) is 19.5 Å². The third-order valence-corrected chi connectivity index (χ3v) is 6.04. The summed E-state index contributed by atoms with van der Waals surface area (Å²) < 4.78 is 10.5. The second kappa shape index (κ2) is 11.0. The van der Waals surface area contributed by atoms with Crippen molar-refractivity contribution >= 4 is 18.0 Å². The van der Waals surface area contributed by atoms with Crippen molar-refractivity contribution < 1.29 is 29.0 Å². The number of rotatable bonds is 10. The van der Waals surface area contributed by atoms with Crippen LogP contribution in [0, 0.1) is 5.92 Å². The van der Waals surface area contributed by atoms with Gasteiger partial charge in [0, 0.05) is 25.5 Å². The van der Waals surface area contributed by atoms with Gasteiger partial charge in [0.25, 0.3) is 0 Å². The number of carboxylic acids is 1. The molecule has 1 aliphatic carbocycles. The number of fused-ring (bicyclic) bond motifs is 3. The second-order valence-electron chi connectivity index (χ2n) is 8.21. The fraction of sp³-hybridized carbons (Fsp3) is 0.400. The van der Waals surface area contributed by atoms with E-state index in [4.69, 9.17) is 9.47 Å². The summed E-state index contributed by atoms with van der Waals surface area (Å²) in [5.41, 5.74) is 4.58. The summed E-state index contributed by atoms with van der Waals surface area (Å²) in [7, 11) is 1.38. The van der Waals surface area contributed by atoms with Crippen LogP contribution in [0.5, 0.6) is 0 Å². The highest BCUT2D eigenvalue weighted by atomic mass is 16.5. The molecule has 0 saturated heterocycles. The Bertz CT molecular complexity index is 962. The van der Waals surface area contributed by atoms with Gasteiger partial charge in [0.1, 0.15) is 6.61 Å². The molecule has 0 aliphatic heterocycles. The number of methoxy groups -OCH3 is 1. The highest BCUT2D eigenvalue weighted by Crippen LogP contribution is 2.44. The van der Waals surface area contributed by atoms with E-state index in [1.54, 1.807) is 13.8 Å². The Morgan fingerprint density at radius 1 is 1.00 bits per heavy atom. The smallest absolute Gasteiger partial charge is 0.407 e. The number of ether oxygens (including phenoxy) is 2. The summed E-state index contributed by atoms with van der Waals surface area (Å²) in [6.07, 6.45) is -0.887. The summed E-state index contributed by atoms with van der Waals surface area (Å²) in [6, 6.07) is 15.1. The lowest BCUT2D eigenvalue weighted by Gasteiger charge is -2.22. The maximum atomic E-state index is 12.3. The van der Waals surface area contributed by atoms with E-state index in [-0.39, 0.29) is 19.1 Å². The molecule has 0 radical (unpaired) electrons. The summed E-state index contributed by atoms with van der Waals surface area (Å²) in [5.74, 6) is -2.10.